The lowest BCUT2D eigenvalue weighted by atomic mass is 9.67. The number of fused-ring (bicyclic) bond motifs is 1. The van der Waals surface area contributed by atoms with Gasteiger partial charge in [-0.3, -0.25) is 4.90 Å². The van der Waals surface area contributed by atoms with E-state index in [1.165, 1.54) is 10.6 Å². The molecule has 0 fully saturated rings. The summed E-state index contributed by atoms with van der Waals surface area (Å²) >= 11 is 1.77. The van der Waals surface area contributed by atoms with Gasteiger partial charge < -0.3 is 0 Å². The van der Waals surface area contributed by atoms with Crippen LogP contribution in [-0.2, 0) is 28.4 Å². The van der Waals surface area contributed by atoms with Crippen molar-refractivity contribution in [3.63, 3.8) is 0 Å². The molecule has 7 heteroatoms. The maximum absolute atomic E-state index is 11.0. The van der Waals surface area contributed by atoms with Gasteiger partial charge in [0.2, 0.25) is 10.0 Å². The molecule has 0 amide bonds. The monoisotopic (exact) mass is 345 g/mol. The summed E-state index contributed by atoms with van der Waals surface area (Å²) in [4.78, 5) is 8.18. The minimum absolute atomic E-state index is 0.0207. The Morgan fingerprint density at radius 3 is 2.55 bits per heavy atom. The highest BCUT2D eigenvalue weighted by atomic mass is 32.2. The summed E-state index contributed by atoms with van der Waals surface area (Å²) in [5, 5.41) is 6.12. The standard InChI is InChI=1S/C15H27N3O2S2/c1-14(2)8-11-13(15(3,4)10-14)21-12(17-11)9-18(5)6-7-22(16,19)20/h6-10H2,1-5H3,(H2,16,19,20). The number of hydrogen-bond acceptors (Lipinski definition) is 5. The molecule has 0 saturated carbocycles. The summed E-state index contributed by atoms with van der Waals surface area (Å²) in [6, 6.07) is 0. The van der Waals surface area contributed by atoms with Gasteiger partial charge in [-0.2, -0.15) is 0 Å². The Hall–Kier alpha value is -0.500. The van der Waals surface area contributed by atoms with Crippen LogP contribution in [0, 0.1) is 5.41 Å². The fourth-order valence-corrected chi connectivity index (χ4v) is 5.33. The maximum Gasteiger partial charge on any atom is 0.210 e. The predicted octanol–water partition coefficient (Wildman–Crippen LogP) is 2.11. The number of thiazole rings is 1. The Morgan fingerprint density at radius 1 is 1.32 bits per heavy atom. The molecule has 1 aromatic rings. The Morgan fingerprint density at radius 2 is 1.95 bits per heavy atom. The summed E-state index contributed by atoms with van der Waals surface area (Å²) in [7, 11) is -1.50. The number of hydrogen-bond donors (Lipinski definition) is 1. The molecule has 0 aromatic carbocycles. The molecule has 2 rings (SSSR count). The molecule has 0 radical (unpaired) electrons. The Bertz CT molecular complexity index is 648. The molecule has 126 valence electrons. The normalized spacial score (nSPS) is 20.1. The van der Waals surface area contributed by atoms with E-state index in [-0.39, 0.29) is 16.6 Å². The van der Waals surface area contributed by atoms with Crippen molar-refractivity contribution in [2.75, 3.05) is 19.3 Å². The smallest absolute Gasteiger partial charge is 0.210 e. The minimum Gasteiger partial charge on any atom is -0.299 e. The lowest BCUT2D eigenvalue weighted by molar-refractivity contribution is 0.232. The van der Waals surface area contributed by atoms with E-state index in [2.05, 4.69) is 27.7 Å². The van der Waals surface area contributed by atoms with Gasteiger partial charge in [-0.05, 0) is 25.3 Å². The SMILES string of the molecule is CN(CCS(N)(=O)=O)Cc1nc2c(s1)C(C)(C)CC(C)(C)C2. The van der Waals surface area contributed by atoms with E-state index in [4.69, 9.17) is 10.1 Å². The molecule has 0 spiro atoms. The highest BCUT2D eigenvalue weighted by Gasteiger charge is 2.39. The Balaban J connectivity index is 2.11. The molecule has 5 nitrogen and oxygen atoms in total. The predicted molar refractivity (Wildman–Crippen MR) is 91.6 cm³/mol. The molecule has 0 bridgehead atoms. The molecule has 1 aromatic heterocycles. The Labute approximate surface area is 138 Å². The molecule has 1 heterocycles. The van der Waals surface area contributed by atoms with Crippen molar-refractivity contribution < 1.29 is 8.42 Å². The van der Waals surface area contributed by atoms with Gasteiger partial charge in [0.05, 0.1) is 18.0 Å². The number of nitrogens with zero attached hydrogens (tertiary/aromatic N) is 2. The van der Waals surface area contributed by atoms with Gasteiger partial charge in [-0.25, -0.2) is 18.5 Å². The van der Waals surface area contributed by atoms with Crippen molar-refractivity contribution in [3.05, 3.63) is 15.6 Å². The topological polar surface area (TPSA) is 76.3 Å². The zero-order valence-electron chi connectivity index (χ0n) is 14.1. The quantitative estimate of drug-likeness (QED) is 0.887. The first-order valence-electron chi connectivity index (χ1n) is 7.56. The van der Waals surface area contributed by atoms with Crippen LogP contribution in [0.25, 0.3) is 0 Å². The molecule has 22 heavy (non-hydrogen) atoms. The van der Waals surface area contributed by atoms with Gasteiger partial charge >= 0.3 is 0 Å². The average molecular weight is 346 g/mol. The lowest BCUT2D eigenvalue weighted by Gasteiger charge is -2.39. The third kappa shape index (κ3) is 4.50. The van der Waals surface area contributed by atoms with Crippen molar-refractivity contribution in [1.29, 1.82) is 0 Å². The van der Waals surface area contributed by atoms with Crippen LogP contribution in [0.5, 0.6) is 0 Å². The highest BCUT2D eigenvalue weighted by molar-refractivity contribution is 7.89. The lowest BCUT2D eigenvalue weighted by Crippen LogP contribution is -2.33. The fourth-order valence-electron chi connectivity index (χ4n) is 3.50. The van der Waals surface area contributed by atoms with E-state index in [0.29, 0.717) is 13.1 Å². The van der Waals surface area contributed by atoms with Crippen LogP contribution < -0.4 is 5.14 Å². The first kappa shape index (κ1) is 17.8. The van der Waals surface area contributed by atoms with Crippen molar-refractivity contribution in [2.24, 2.45) is 10.6 Å². The van der Waals surface area contributed by atoms with Crippen LogP contribution in [0.3, 0.4) is 0 Å². The zero-order valence-corrected chi connectivity index (χ0v) is 15.8. The number of nitrogens with two attached hydrogens (primary N) is 1. The molecular formula is C15H27N3O2S2. The molecule has 0 aliphatic heterocycles. The van der Waals surface area contributed by atoms with Crippen LogP contribution in [0.15, 0.2) is 0 Å². The van der Waals surface area contributed by atoms with Crippen LogP contribution in [0.1, 0.15) is 49.7 Å². The van der Waals surface area contributed by atoms with Crippen molar-refractivity contribution in [2.45, 2.75) is 52.5 Å². The minimum atomic E-state index is -3.41. The molecule has 0 saturated heterocycles. The van der Waals surface area contributed by atoms with E-state index in [9.17, 15) is 8.42 Å². The van der Waals surface area contributed by atoms with E-state index in [1.807, 2.05) is 11.9 Å². The van der Waals surface area contributed by atoms with E-state index in [1.54, 1.807) is 11.3 Å². The van der Waals surface area contributed by atoms with Crippen molar-refractivity contribution >= 4 is 21.4 Å². The van der Waals surface area contributed by atoms with Crippen molar-refractivity contribution in [1.82, 2.24) is 9.88 Å². The average Bonchev–Trinajstić information content (AvgIpc) is 2.66. The second-order valence-electron chi connectivity index (χ2n) is 7.89. The molecule has 1 aliphatic rings. The summed E-state index contributed by atoms with van der Waals surface area (Å²) in [5.41, 5.74) is 1.66. The third-order valence-electron chi connectivity index (χ3n) is 4.09. The molecule has 2 N–H and O–H groups in total. The molecule has 0 unspecified atom stereocenters. The maximum atomic E-state index is 11.0. The van der Waals surface area contributed by atoms with Crippen LogP contribution in [-0.4, -0.2) is 37.6 Å². The van der Waals surface area contributed by atoms with Crippen molar-refractivity contribution in [3.8, 4) is 0 Å². The zero-order chi connectivity index (χ0) is 16.8. The Kier molecular flexibility index (Phi) is 4.75. The van der Waals surface area contributed by atoms with Gasteiger partial charge in [0, 0.05) is 16.8 Å². The molecule has 0 atom stereocenters. The molecular weight excluding hydrogens is 318 g/mol. The molecule has 1 aliphatic carbocycles. The van der Waals surface area contributed by atoms with Crippen LogP contribution >= 0.6 is 11.3 Å². The number of rotatable bonds is 5. The van der Waals surface area contributed by atoms with E-state index >= 15 is 0 Å². The van der Waals surface area contributed by atoms with E-state index < -0.39 is 10.0 Å². The van der Waals surface area contributed by atoms with Crippen LogP contribution in [0.4, 0.5) is 0 Å². The fraction of sp³-hybridized carbons (Fsp3) is 0.800. The summed E-state index contributed by atoms with van der Waals surface area (Å²) in [6.45, 7) is 10.3. The van der Waals surface area contributed by atoms with Gasteiger partial charge in [-0.1, -0.05) is 27.7 Å². The van der Waals surface area contributed by atoms with Gasteiger partial charge in [0.25, 0.3) is 0 Å². The largest absolute Gasteiger partial charge is 0.299 e. The summed E-state index contributed by atoms with van der Waals surface area (Å²) in [5.74, 6) is -0.0207. The number of sulfonamides is 1. The highest BCUT2D eigenvalue weighted by Crippen LogP contribution is 2.47. The second kappa shape index (κ2) is 5.85. The number of primary sulfonamides is 1. The second-order valence-corrected chi connectivity index (χ2v) is 10.7. The summed E-state index contributed by atoms with van der Waals surface area (Å²) in [6.07, 6.45) is 2.18. The first-order valence-corrected chi connectivity index (χ1v) is 10.1. The third-order valence-corrected chi connectivity index (χ3v) is 6.29. The number of aromatic nitrogens is 1. The summed E-state index contributed by atoms with van der Waals surface area (Å²) < 4.78 is 22.1. The van der Waals surface area contributed by atoms with Gasteiger partial charge in [-0.15, -0.1) is 11.3 Å². The van der Waals surface area contributed by atoms with E-state index in [0.717, 1.165) is 17.8 Å². The first-order chi connectivity index (χ1) is 9.88. The van der Waals surface area contributed by atoms with Gasteiger partial charge in [0.1, 0.15) is 5.01 Å². The van der Waals surface area contributed by atoms with Gasteiger partial charge in [0.15, 0.2) is 0 Å². The van der Waals surface area contributed by atoms with Crippen LogP contribution in [0.2, 0.25) is 0 Å².